The third kappa shape index (κ3) is 2.52. The number of imide groups is 1. The van der Waals surface area contributed by atoms with Crippen molar-refractivity contribution in [2.24, 2.45) is 0 Å². The molecule has 1 aromatic heterocycles. The molecule has 3 fully saturated rings. The highest BCUT2D eigenvalue weighted by molar-refractivity contribution is 7.99. The van der Waals surface area contributed by atoms with Crippen molar-refractivity contribution >= 4 is 23.8 Å². The van der Waals surface area contributed by atoms with E-state index < -0.39 is 6.09 Å². The second kappa shape index (κ2) is 5.01. The van der Waals surface area contributed by atoms with Gasteiger partial charge in [0, 0.05) is 12.0 Å². The van der Waals surface area contributed by atoms with Crippen LogP contribution in [0.4, 0.5) is 4.79 Å². The van der Waals surface area contributed by atoms with Crippen molar-refractivity contribution in [1.29, 1.82) is 0 Å². The van der Waals surface area contributed by atoms with Crippen LogP contribution in [-0.4, -0.2) is 50.6 Å². The fourth-order valence-electron chi connectivity index (χ4n) is 2.51. The van der Waals surface area contributed by atoms with Gasteiger partial charge in [-0.3, -0.25) is 4.79 Å². The van der Waals surface area contributed by atoms with Crippen molar-refractivity contribution < 1.29 is 14.3 Å². The molecule has 0 bridgehead atoms. The molecule has 0 unspecified atom stereocenters. The molecule has 112 valence electrons. The Morgan fingerprint density at radius 3 is 2.71 bits per heavy atom. The van der Waals surface area contributed by atoms with Crippen molar-refractivity contribution in [3.63, 3.8) is 0 Å². The molecular formula is C13H16N4O3S. The molecular weight excluding hydrogens is 292 g/mol. The largest absolute Gasteiger partial charge is 0.447 e. The lowest BCUT2D eigenvalue weighted by atomic mass is 10.4. The van der Waals surface area contributed by atoms with E-state index in [1.54, 1.807) is 0 Å². The predicted octanol–water partition coefficient (Wildman–Crippen LogP) is 1.56. The zero-order valence-electron chi connectivity index (χ0n) is 11.5. The topological polar surface area (TPSA) is 77.3 Å². The van der Waals surface area contributed by atoms with Crippen LogP contribution in [0.15, 0.2) is 5.16 Å². The van der Waals surface area contributed by atoms with Crippen LogP contribution in [0.2, 0.25) is 0 Å². The van der Waals surface area contributed by atoms with E-state index in [0.717, 1.165) is 28.7 Å². The normalized spacial score (nSPS) is 21.7. The second-order valence-corrected chi connectivity index (χ2v) is 6.61. The number of thioether (sulfide) groups is 1. The number of rotatable bonds is 5. The fourth-order valence-corrected chi connectivity index (χ4v) is 3.40. The van der Waals surface area contributed by atoms with Crippen LogP contribution in [0.5, 0.6) is 0 Å². The lowest BCUT2D eigenvalue weighted by Gasteiger charge is -2.11. The molecule has 7 nitrogen and oxygen atoms in total. The number of cyclic esters (lactones) is 1. The number of aromatic nitrogens is 3. The molecule has 4 rings (SSSR count). The first-order valence-electron chi connectivity index (χ1n) is 7.29. The molecule has 8 heteroatoms. The molecule has 21 heavy (non-hydrogen) atoms. The molecule has 2 heterocycles. The Bertz CT molecular complexity index is 594. The fraction of sp³-hybridized carbons (Fsp3) is 0.692. The maximum atomic E-state index is 12.0. The molecule has 2 aliphatic carbocycles. The average molecular weight is 308 g/mol. The van der Waals surface area contributed by atoms with E-state index >= 15 is 0 Å². The Morgan fingerprint density at radius 1 is 1.29 bits per heavy atom. The molecule has 1 aromatic rings. The van der Waals surface area contributed by atoms with Gasteiger partial charge in [0.25, 0.3) is 0 Å². The molecule has 1 aliphatic heterocycles. The van der Waals surface area contributed by atoms with Crippen LogP contribution in [0.3, 0.4) is 0 Å². The summed E-state index contributed by atoms with van der Waals surface area (Å²) in [5.41, 5.74) is 0. The maximum Gasteiger partial charge on any atom is 0.416 e. The number of carbonyl (C=O) groups is 2. The van der Waals surface area contributed by atoms with Gasteiger partial charge in [-0.2, -0.15) is 0 Å². The zero-order valence-corrected chi connectivity index (χ0v) is 12.3. The van der Waals surface area contributed by atoms with Crippen molar-refractivity contribution in [2.45, 2.75) is 42.8 Å². The van der Waals surface area contributed by atoms with Gasteiger partial charge in [0.1, 0.15) is 12.4 Å². The number of ether oxygens (including phenoxy) is 1. The van der Waals surface area contributed by atoms with Gasteiger partial charge in [0.2, 0.25) is 5.91 Å². The highest BCUT2D eigenvalue weighted by atomic mass is 32.2. The SMILES string of the molecule is O=C(CSc1nnc(C2CC2)n1C1CC1)N1CCOC1=O. The summed E-state index contributed by atoms with van der Waals surface area (Å²) in [5, 5.41) is 9.36. The van der Waals surface area contributed by atoms with Crippen LogP contribution < -0.4 is 0 Å². The summed E-state index contributed by atoms with van der Waals surface area (Å²) in [6.07, 6.45) is 4.17. The van der Waals surface area contributed by atoms with Gasteiger partial charge in [-0.05, 0) is 25.7 Å². The first kappa shape index (κ1) is 13.1. The van der Waals surface area contributed by atoms with E-state index in [9.17, 15) is 9.59 Å². The highest BCUT2D eigenvalue weighted by Crippen LogP contribution is 2.45. The average Bonchev–Trinajstić information content (AvgIpc) is 3.40. The summed E-state index contributed by atoms with van der Waals surface area (Å²) in [5.74, 6) is 1.61. The molecule has 3 aliphatic rings. The Balaban J connectivity index is 1.45. The van der Waals surface area contributed by atoms with E-state index in [1.807, 2.05) is 0 Å². The molecule has 0 aromatic carbocycles. The summed E-state index contributed by atoms with van der Waals surface area (Å²) >= 11 is 1.37. The quantitative estimate of drug-likeness (QED) is 0.768. The molecule has 2 saturated carbocycles. The van der Waals surface area contributed by atoms with Crippen LogP contribution >= 0.6 is 11.8 Å². The summed E-state index contributed by atoms with van der Waals surface area (Å²) in [6.45, 7) is 0.639. The van der Waals surface area contributed by atoms with Crippen molar-refractivity contribution in [3.8, 4) is 0 Å². The number of hydrogen-bond donors (Lipinski definition) is 0. The Kier molecular flexibility index (Phi) is 3.13. The lowest BCUT2D eigenvalue weighted by molar-refractivity contribution is -0.125. The first-order valence-corrected chi connectivity index (χ1v) is 8.27. The molecule has 1 saturated heterocycles. The van der Waals surface area contributed by atoms with Gasteiger partial charge in [-0.1, -0.05) is 11.8 Å². The van der Waals surface area contributed by atoms with Crippen molar-refractivity contribution in [1.82, 2.24) is 19.7 Å². The minimum Gasteiger partial charge on any atom is -0.447 e. The van der Waals surface area contributed by atoms with Gasteiger partial charge in [0.15, 0.2) is 5.16 Å². The zero-order chi connectivity index (χ0) is 14.4. The highest BCUT2D eigenvalue weighted by Gasteiger charge is 2.37. The second-order valence-electron chi connectivity index (χ2n) is 5.66. The van der Waals surface area contributed by atoms with Crippen LogP contribution in [0.25, 0.3) is 0 Å². The molecule has 2 amide bonds. The maximum absolute atomic E-state index is 12.0. The number of nitrogens with zero attached hydrogens (tertiary/aromatic N) is 4. The Morgan fingerprint density at radius 2 is 2.10 bits per heavy atom. The summed E-state index contributed by atoms with van der Waals surface area (Å²) in [6, 6.07) is 0.505. The lowest BCUT2D eigenvalue weighted by Crippen LogP contribution is -2.33. The Hall–Kier alpha value is -1.57. The minimum atomic E-state index is -0.539. The first-order chi connectivity index (χ1) is 10.2. The van der Waals surface area contributed by atoms with E-state index in [2.05, 4.69) is 14.8 Å². The van der Waals surface area contributed by atoms with Crippen LogP contribution in [-0.2, 0) is 9.53 Å². The molecule has 0 radical (unpaired) electrons. The smallest absolute Gasteiger partial charge is 0.416 e. The monoisotopic (exact) mass is 308 g/mol. The predicted molar refractivity (Wildman–Crippen MR) is 74.1 cm³/mol. The van der Waals surface area contributed by atoms with Crippen molar-refractivity contribution in [2.75, 3.05) is 18.9 Å². The van der Waals surface area contributed by atoms with E-state index in [1.165, 1.54) is 24.6 Å². The molecule has 0 atom stereocenters. The third-order valence-corrected chi connectivity index (χ3v) is 4.86. The van der Waals surface area contributed by atoms with E-state index in [-0.39, 0.29) is 11.7 Å². The van der Waals surface area contributed by atoms with Gasteiger partial charge in [-0.15, -0.1) is 10.2 Å². The number of hydrogen-bond acceptors (Lipinski definition) is 6. The Labute approximate surface area is 126 Å². The summed E-state index contributed by atoms with van der Waals surface area (Å²) in [7, 11) is 0. The van der Waals surface area contributed by atoms with Crippen LogP contribution in [0, 0.1) is 0 Å². The van der Waals surface area contributed by atoms with Crippen molar-refractivity contribution in [3.05, 3.63) is 5.82 Å². The summed E-state index contributed by atoms with van der Waals surface area (Å²) < 4.78 is 6.98. The number of amides is 2. The standard InChI is InChI=1S/C13H16N4O3S/c18-10(16-5-6-20-13(16)19)7-21-12-15-14-11(8-1-2-8)17(12)9-3-4-9/h8-9H,1-7H2. The van der Waals surface area contributed by atoms with Gasteiger partial charge in [-0.25, -0.2) is 9.69 Å². The van der Waals surface area contributed by atoms with E-state index in [4.69, 9.17) is 4.74 Å². The molecule has 0 spiro atoms. The minimum absolute atomic E-state index is 0.199. The van der Waals surface area contributed by atoms with Gasteiger partial charge in [0.05, 0.1) is 12.3 Å². The summed E-state index contributed by atoms with van der Waals surface area (Å²) in [4.78, 5) is 24.5. The van der Waals surface area contributed by atoms with E-state index in [0.29, 0.717) is 25.1 Å². The number of carbonyl (C=O) groups excluding carboxylic acids is 2. The molecule has 0 N–H and O–H groups in total. The van der Waals surface area contributed by atoms with Gasteiger partial charge >= 0.3 is 6.09 Å². The third-order valence-electron chi connectivity index (χ3n) is 3.93. The van der Waals surface area contributed by atoms with Crippen LogP contribution in [0.1, 0.15) is 43.5 Å². The van der Waals surface area contributed by atoms with Gasteiger partial charge < -0.3 is 9.30 Å².